The lowest BCUT2D eigenvalue weighted by atomic mass is 9.98. The van der Waals surface area contributed by atoms with Gasteiger partial charge in [-0.1, -0.05) is 60.1 Å². The maximum atomic E-state index is 12.7. The number of rotatable bonds is 8. The SMILES string of the molecule is O=C(O)CCC(NC(=O)OCC1c2ccccc2-c2ccccc21)C(=O)Nc1ccc(Cl)cn1. The molecule has 4 rings (SSSR count). The predicted molar refractivity (Wildman–Crippen MR) is 127 cm³/mol. The topological polar surface area (TPSA) is 118 Å². The van der Waals surface area contributed by atoms with Crippen LogP contribution in [0.3, 0.4) is 0 Å². The van der Waals surface area contributed by atoms with Gasteiger partial charge in [0.2, 0.25) is 5.91 Å². The van der Waals surface area contributed by atoms with Gasteiger partial charge < -0.3 is 20.5 Å². The van der Waals surface area contributed by atoms with E-state index >= 15 is 0 Å². The van der Waals surface area contributed by atoms with E-state index in [-0.39, 0.29) is 31.2 Å². The van der Waals surface area contributed by atoms with Crippen LogP contribution in [0.1, 0.15) is 29.9 Å². The van der Waals surface area contributed by atoms with E-state index < -0.39 is 24.0 Å². The molecule has 2 amide bonds. The van der Waals surface area contributed by atoms with Gasteiger partial charge in [-0.15, -0.1) is 0 Å². The van der Waals surface area contributed by atoms with Crippen LogP contribution in [0, 0.1) is 0 Å². The number of nitrogens with zero attached hydrogens (tertiary/aromatic N) is 1. The maximum absolute atomic E-state index is 12.7. The zero-order valence-electron chi connectivity index (χ0n) is 18.0. The Labute approximate surface area is 200 Å². The summed E-state index contributed by atoms with van der Waals surface area (Å²) in [5.41, 5.74) is 4.32. The molecule has 2 aromatic carbocycles. The number of pyridine rings is 1. The molecule has 9 heteroatoms. The monoisotopic (exact) mass is 479 g/mol. The molecular formula is C25H22ClN3O5. The van der Waals surface area contributed by atoms with E-state index in [2.05, 4.69) is 15.6 Å². The second kappa shape index (κ2) is 10.4. The quantitative estimate of drug-likeness (QED) is 0.439. The van der Waals surface area contributed by atoms with Gasteiger partial charge in [0.15, 0.2) is 0 Å². The molecule has 1 aliphatic rings. The van der Waals surface area contributed by atoms with Gasteiger partial charge in [-0.3, -0.25) is 9.59 Å². The van der Waals surface area contributed by atoms with Crippen LogP contribution >= 0.6 is 11.6 Å². The normalized spacial score (nSPS) is 12.9. The average molecular weight is 480 g/mol. The molecule has 0 fully saturated rings. The standard InChI is InChI=1S/C25H22ClN3O5/c26-15-9-11-22(27-13-15)29-24(32)21(10-12-23(30)31)28-25(33)34-14-20-18-7-3-1-5-16(18)17-6-2-4-8-19(17)20/h1-9,11,13,20-21H,10,12,14H2,(H,28,33)(H,30,31)(H,27,29,32). The second-order valence-electron chi connectivity index (χ2n) is 7.81. The average Bonchev–Trinajstić information content (AvgIpc) is 3.15. The first-order valence-corrected chi connectivity index (χ1v) is 11.1. The van der Waals surface area contributed by atoms with Crippen molar-refractivity contribution in [1.29, 1.82) is 0 Å². The Kier molecular flexibility index (Phi) is 7.08. The molecule has 1 heterocycles. The summed E-state index contributed by atoms with van der Waals surface area (Å²) in [6, 6.07) is 17.8. The van der Waals surface area contributed by atoms with Crippen LogP contribution in [0.2, 0.25) is 5.02 Å². The van der Waals surface area contributed by atoms with E-state index in [0.717, 1.165) is 22.3 Å². The Morgan fingerprint density at radius 3 is 2.24 bits per heavy atom. The lowest BCUT2D eigenvalue weighted by Crippen LogP contribution is -2.44. The smallest absolute Gasteiger partial charge is 0.407 e. The molecule has 0 saturated heterocycles. The third-order valence-corrected chi connectivity index (χ3v) is 5.80. The molecular weight excluding hydrogens is 458 g/mol. The largest absolute Gasteiger partial charge is 0.481 e. The third-order valence-electron chi connectivity index (χ3n) is 5.58. The summed E-state index contributed by atoms with van der Waals surface area (Å²) >= 11 is 5.80. The van der Waals surface area contributed by atoms with E-state index in [1.165, 1.54) is 12.3 Å². The highest BCUT2D eigenvalue weighted by Crippen LogP contribution is 2.44. The summed E-state index contributed by atoms with van der Waals surface area (Å²) in [4.78, 5) is 40.3. The first kappa shape index (κ1) is 23.3. The number of nitrogens with one attached hydrogen (secondary N) is 2. The van der Waals surface area contributed by atoms with Crippen LogP contribution in [0.25, 0.3) is 11.1 Å². The maximum Gasteiger partial charge on any atom is 0.407 e. The number of benzene rings is 2. The number of carboxylic acid groups (broad SMARTS) is 1. The van der Waals surface area contributed by atoms with Crippen LogP contribution in [0.15, 0.2) is 66.9 Å². The van der Waals surface area contributed by atoms with Crippen molar-refractivity contribution in [3.05, 3.63) is 83.0 Å². The Hall–Kier alpha value is -3.91. The van der Waals surface area contributed by atoms with Crippen molar-refractivity contribution in [2.45, 2.75) is 24.8 Å². The summed E-state index contributed by atoms with van der Waals surface area (Å²) < 4.78 is 5.48. The van der Waals surface area contributed by atoms with Gasteiger partial charge in [-0.05, 0) is 40.8 Å². The van der Waals surface area contributed by atoms with Crippen LogP contribution in [-0.4, -0.2) is 40.7 Å². The molecule has 1 atom stereocenters. The number of carboxylic acids is 1. The van der Waals surface area contributed by atoms with Crippen LogP contribution in [0.5, 0.6) is 0 Å². The zero-order valence-corrected chi connectivity index (χ0v) is 18.8. The summed E-state index contributed by atoms with van der Waals surface area (Å²) in [6.07, 6.45) is 0.133. The summed E-state index contributed by atoms with van der Waals surface area (Å²) in [7, 11) is 0. The summed E-state index contributed by atoms with van der Waals surface area (Å²) in [5.74, 6) is -1.60. The van der Waals surface area contributed by atoms with Crippen molar-refractivity contribution in [3.63, 3.8) is 0 Å². The molecule has 0 bridgehead atoms. The number of anilines is 1. The van der Waals surface area contributed by atoms with Gasteiger partial charge in [-0.2, -0.15) is 0 Å². The number of alkyl carbamates (subject to hydrolysis) is 1. The Bertz CT molecular complexity index is 1170. The second-order valence-corrected chi connectivity index (χ2v) is 8.24. The molecule has 0 spiro atoms. The van der Waals surface area contributed by atoms with E-state index in [0.29, 0.717) is 5.02 Å². The van der Waals surface area contributed by atoms with Crippen LogP contribution < -0.4 is 10.6 Å². The molecule has 0 saturated carbocycles. The molecule has 1 aromatic heterocycles. The van der Waals surface area contributed by atoms with Gasteiger partial charge in [0.25, 0.3) is 0 Å². The van der Waals surface area contributed by atoms with Gasteiger partial charge in [0.05, 0.1) is 5.02 Å². The number of amides is 2. The van der Waals surface area contributed by atoms with Crippen molar-refractivity contribution in [2.75, 3.05) is 11.9 Å². The molecule has 0 aliphatic heterocycles. The number of fused-ring (bicyclic) bond motifs is 3. The Morgan fingerprint density at radius 2 is 1.65 bits per heavy atom. The molecule has 0 radical (unpaired) electrons. The minimum Gasteiger partial charge on any atom is -0.481 e. The number of hydrogen-bond donors (Lipinski definition) is 3. The fraction of sp³-hybridized carbons (Fsp3) is 0.200. The number of hydrogen-bond acceptors (Lipinski definition) is 5. The van der Waals surface area contributed by atoms with Gasteiger partial charge in [0, 0.05) is 18.5 Å². The summed E-state index contributed by atoms with van der Waals surface area (Å²) in [6.45, 7) is 0.0753. The first-order valence-electron chi connectivity index (χ1n) is 10.7. The number of carbonyl (C=O) groups excluding carboxylic acids is 2. The van der Waals surface area contributed by atoms with Crippen molar-refractivity contribution in [2.24, 2.45) is 0 Å². The van der Waals surface area contributed by atoms with Gasteiger partial charge in [-0.25, -0.2) is 9.78 Å². The lowest BCUT2D eigenvalue weighted by molar-refractivity contribution is -0.137. The van der Waals surface area contributed by atoms with E-state index in [1.807, 2.05) is 48.5 Å². The fourth-order valence-electron chi connectivity index (χ4n) is 3.98. The molecule has 34 heavy (non-hydrogen) atoms. The Morgan fingerprint density at radius 1 is 1.00 bits per heavy atom. The van der Waals surface area contributed by atoms with E-state index in [1.54, 1.807) is 6.07 Å². The molecule has 3 N–H and O–H groups in total. The molecule has 8 nitrogen and oxygen atoms in total. The minimum atomic E-state index is -1.12. The molecule has 174 valence electrons. The van der Waals surface area contributed by atoms with Crippen molar-refractivity contribution < 1.29 is 24.2 Å². The third kappa shape index (κ3) is 5.35. The first-order chi connectivity index (χ1) is 16.4. The lowest BCUT2D eigenvalue weighted by Gasteiger charge is -2.19. The van der Waals surface area contributed by atoms with Crippen LogP contribution in [0.4, 0.5) is 10.6 Å². The molecule has 1 unspecified atom stereocenters. The number of aliphatic carboxylic acids is 1. The number of ether oxygens (including phenoxy) is 1. The van der Waals surface area contributed by atoms with Crippen LogP contribution in [-0.2, 0) is 14.3 Å². The van der Waals surface area contributed by atoms with Crippen molar-refractivity contribution in [1.82, 2.24) is 10.3 Å². The highest BCUT2D eigenvalue weighted by Gasteiger charge is 2.30. The summed E-state index contributed by atoms with van der Waals surface area (Å²) in [5, 5.41) is 14.5. The minimum absolute atomic E-state index is 0.0753. The highest BCUT2D eigenvalue weighted by atomic mass is 35.5. The number of aromatic nitrogens is 1. The Balaban J connectivity index is 1.42. The fourth-order valence-corrected chi connectivity index (χ4v) is 4.09. The van der Waals surface area contributed by atoms with E-state index in [9.17, 15) is 14.4 Å². The number of halogens is 1. The molecule has 1 aliphatic carbocycles. The van der Waals surface area contributed by atoms with Crippen molar-refractivity contribution >= 4 is 35.4 Å². The predicted octanol–water partition coefficient (Wildman–Crippen LogP) is 4.45. The van der Waals surface area contributed by atoms with Gasteiger partial charge >= 0.3 is 12.1 Å². The zero-order chi connectivity index (χ0) is 24.1. The molecule has 3 aromatic rings. The van der Waals surface area contributed by atoms with Gasteiger partial charge in [0.1, 0.15) is 18.5 Å². The highest BCUT2D eigenvalue weighted by molar-refractivity contribution is 6.30. The van der Waals surface area contributed by atoms with Crippen molar-refractivity contribution in [3.8, 4) is 11.1 Å². The number of carbonyl (C=O) groups is 3. The van der Waals surface area contributed by atoms with E-state index in [4.69, 9.17) is 21.4 Å².